The van der Waals surface area contributed by atoms with Gasteiger partial charge in [0, 0.05) is 28.7 Å². The van der Waals surface area contributed by atoms with Crippen LogP contribution >= 0.6 is 19.2 Å². The van der Waals surface area contributed by atoms with Crippen molar-refractivity contribution in [2.75, 3.05) is 31.2 Å². The van der Waals surface area contributed by atoms with E-state index in [1.165, 1.54) is 31.9 Å². The van der Waals surface area contributed by atoms with E-state index < -0.39 is 37.9 Å². The molecule has 3 atom stereocenters. The van der Waals surface area contributed by atoms with Crippen LogP contribution in [0.15, 0.2) is 42.5 Å². The monoisotopic (exact) mass is 657 g/mol. The molecule has 240 valence electrons. The fraction of sp³-hybridized carbons (Fsp3) is 0.467. The van der Waals surface area contributed by atoms with E-state index in [2.05, 4.69) is 22.5 Å². The predicted octanol–water partition coefficient (Wildman–Crippen LogP) is 6.87. The van der Waals surface area contributed by atoms with Gasteiger partial charge < -0.3 is 25.2 Å². The molecule has 0 saturated heterocycles. The third-order valence-electron chi connectivity index (χ3n) is 6.36. The molecule has 2 amide bonds. The van der Waals surface area contributed by atoms with E-state index in [-0.39, 0.29) is 35.6 Å². The molecular weight excluding hydrogens is 622 g/mol. The molecule has 1 aliphatic heterocycles. The summed E-state index contributed by atoms with van der Waals surface area (Å²) in [6.07, 6.45) is -2.89. The van der Waals surface area contributed by atoms with Crippen LogP contribution in [0.2, 0.25) is 5.02 Å². The first-order valence-corrected chi connectivity index (χ1v) is 16.2. The molecular formula is C30H36ClF3N3O6P. The van der Waals surface area contributed by atoms with Gasteiger partial charge in [0.05, 0.1) is 12.8 Å². The molecule has 1 aliphatic carbocycles. The molecule has 14 heteroatoms. The van der Waals surface area contributed by atoms with Crippen molar-refractivity contribution in [1.82, 2.24) is 10.6 Å². The molecule has 0 spiro atoms. The lowest BCUT2D eigenvalue weighted by atomic mass is 9.98. The second-order valence-corrected chi connectivity index (χ2v) is 12.5. The Labute approximate surface area is 260 Å². The average Bonchev–Trinajstić information content (AvgIpc) is 3.78. The van der Waals surface area contributed by atoms with Crippen LogP contribution in [0.3, 0.4) is 0 Å². The van der Waals surface area contributed by atoms with Gasteiger partial charge in [-0.2, -0.15) is 13.2 Å². The second-order valence-electron chi connectivity index (χ2n) is 10.0. The Balaban J connectivity index is 0.000000785. The highest BCUT2D eigenvalue weighted by atomic mass is 35.5. The third kappa shape index (κ3) is 11.0. The van der Waals surface area contributed by atoms with E-state index in [0.29, 0.717) is 24.3 Å². The Bertz CT molecular complexity index is 1400. The van der Waals surface area contributed by atoms with Crippen molar-refractivity contribution in [3.8, 4) is 17.6 Å². The first-order valence-electron chi connectivity index (χ1n) is 14.1. The summed E-state index contributed by atoms with van der Waals surface area (Å²) in [5.74, 6) is 6.37. The summed E-state index contributed by atoms with van der Waals surface area (Å²) < 4.78 is 69.5. The van der Waals surface area contributed by atoms with Crippen LogP contribution in [-0.4, -0.2) is 50.1 Å². The molecule has 0 bridgehead atoms. The number of benzene rings is 2. The van der Waals surface area contributed by atoms with Crippen molar-refractivity contribution < 1.29 is 41.1 Å². The number of hydrogen-bond donors (Lipinski definition) is 3. The molecule has 0 aromatic heterocycles. The van der Waals surface area contributed by atoms with Gasteiger partial charge in [-0.1, -0.05) is 29.8 Å². The molecule has 1 fully saturated rings. The van der Waals surface area contributed by atoms with Gasteiger partial charge in [-0.25, -0.2) is 14.2 Å². The van der Waals surface area contributed by atoms with Crippen LogP contribution in [0.5, 0.6) is 5.75 Å². The Morgan fingerprint density at radius 2 is 1.91 bits per heavy atom. The number of alkyl halides is 3. The van der Waals surface area contributed by atoms with E-state index in [1.807, 2.05) is 12.2 Å². The van der Waals surface area contributed by atoms with Gasteiger partial charge in [0.25, 0.3) is 0 Å². The minimum absolute atomic E-state index is 0.0255. The van der Waals surface area contributed by atoms with Gasteiger partial charge in [-0.15, -0.1) is 11.8 Å². The molecule has 1 saturated carbocycles. The van der Waals surface area contributed by atoms with Crippen molar-refractivity contribution in [3.63, 3.8) is 0 Å². The molecule has 0 radical (unpaired) electrons. The largest absolute Gasteiger partial charge is 0.464 e. The van der Waals surface area contributed by atoms with Crippen molar-refractivity contribution >= 4 is 36.9 Å². The first-order chi connectivity index (χ1) is 20.8. The number of rotatable bonds is 12. The quantitative estimate of drug-likeness (QED) is 0.0988. The minimum Gasteiger partial charge on any atom is -0.464 e. The zero-order valence-corrected chi connectivity index (χ0v) is 26.3. The summed E-state index contributed by atoms with van der Waals surface area (Å²) in [6.45, 7) is 5.58. The van der Waals surface area contributed by atoms with Gasteiger partial charge in [-0.05, 0) is 76.4 Å². The number of para-hydroxylation sites is 1. The number of urea groups is 1. The lowest BCUT2D eigenvalue weighted by molar-refractivity contribution is -0.155. The molecule has 2 aliphatic rings. The number of hydrogen-bond acceptors (Lipinski definition) is 7. The summed E-state index contributed by atoms with van der Waals surface area (Å²) in [4.78, 5) is 23.7. The highest BCUT2D eigenvalue weighted by Gasteiger charge is 2.45. The fourth-order valence-electron chi connectivity index (χ4n) is 4.10. The van der Waals surface area contributed by atoms with Crippen LogP contribution in [0.4, 0.5) is 23.7 Å². The van der Waals surface area contributed by atoms with Crippen LogP contribution in [-0.2, 0) is 25.0 Å². The normalized spacial score (nSPS) is 17.6. The SMILES string of the molecule is CC#CC1CC1.CCOC(=O)C(C)OP(=O)(CCNCCc1cc2c(cc1Cl)C(C(F)(F)F)NC(=O)N2)Oc1ccccc1. The second kappa shape index (κ2) is 16.2. The van der Waals surface area contributed by atoms with Crippen LogP contribution in [0.1, 0.15) is 50.8 Å². The molecule has 3 N–H and O–H groups in total. The van der Waals surface area contributed by atoms with Crippen molar-refractivity contribution in [3.05, 3.63) is 58.6 Å². The number of carbonyl (C=O) groups is 2. The predicted molar refractivity (Wildman–Crippen MR) is 162 cm³/mol. The lowest BCUT2D eigenvalue weighted by Gasteiger charge is -2.29. The van der Waals surface area contributed by atoms with Gasteiger partial charge in [-0.3, -0.25) is 4.52 Å². The number of amides is 2. The maximum Gasteiger partial charge on any atom is 0.413 e. The van der Waals surface area contributed by atoms with Crippen LogP contribution < -0.4 is 20.5 Å². The Kier molecular flexibility index (Phi) is 13.0. The van der Waals surface area contributed by atoms with E-state index in [1.54, 1.807) is 37.3 Å². The number of carbonyl (C=O) groups excluding carboxylic acids is 2. The number of anilines is 1. The van der Waals surface area contributed by atoms with Gasteiger partial charge in [0.1, 0.15) is 5.75 Å². The average molecular weight is 658 g/mol. The van der Waals surface area contributed by atoms with Crippen molar-refractivity contribution in [2.45, 2.75) is 58.4 Å². The highest BCUT2D eigenvalue weighted by Crippen LogP contribution is 2.49. The summed E-state index contributed by atoms with van der Waals surface area (Å²) in [7, 11) is -3.79. The van der Waals surface area contributed by atoms with E-state index in [4.69, 9.17) is 25.4 Å². The Morgan fingerprint density at radius 1 is 1.20 bits per heavy atom. The summed E-state index contributed by atoms with van der Waals surface area (Å²) in [6, 6.07) is 7.84. The molecule has 2 aromatic rings. The summed E-state index contributed by atoms with van der Waals surface area (Å²) in [5.41, 5.74) is 0.361. The van der Waals surface area contributed by atoms with Crippen LogP contribution in [0.25, 0.3) is 0 Å². The molecule has 3 unspecified atom stereocenters. The van der Waals surface area contributed by atoms with Crippen molar-refractivity contribution in [2.24, 2.45) is 5.92 Å². The van der Waals surface area contributed by atoms with Gasteiger partial charge in [0.2, 0.25) is 0 Å². The Morgan fingerprint density at radius 3 is 2.50 bits per heavy atom. The fourth-order valence-corrected chi connectivity index (χ4v) is 6.05. The molecule has 9 nitrogen and oxygen atoms in total. The minimum atomic E-state index is -4.68. The van der Waals surface area contributed by atoms with E-state index in [0.717, 1.165) is 5.92 Å². The first kappa shape index (κ1) is 35.3. The number of halogens is 4. The number of nitrogens with one attached hydrogen (secondary N) is 3. The zero-order chi connectivity index (χ0) is 32.3. The number of esters is 1. The smallest absolute Gasteiger partial charge is 0.413 e. The Hall–Kier alpha value is -3.23. The lowest BCUT2D eigenvalue weighted by Crippen LogP contribution is -2.44. The molecule has 44 heavy (non-hydrogen) atoms. The topological polar surface area (TPSA) is 115 Å². The summed E-state index contributed by atoms with van der Waals surface area (Å²) in [5, 5.41) is 7.40. The van der Waals surface area contributed by atoms with E-state index in [9.17, 15) is 27.3 Å². The van der Waals surface area contributed by atoms with Crippen molar-refractivity contribution in [1.29, 1.82) is 0 Å². The molecule has 2 aromatic carbocycles. The maximum absolute atomic E-state index is 13.4. The third-order valence-corrected chi connectivity index (χ3v) is 8.61. The summed E-state index contributed by atoms with van der Waals surface area (Å²) >= 11 is 6.24. The number of ether oxygens (including phenoxy) is 1. The highest BCUT2D eigenvalue weighted by molar-refractivity contribution is 7.54. The standard InChI is InChI=1S/C24H28ClF3N3O6P.C6H8/c1-3-35-22(32)15(2)36-38(34,37-17-7-5-4-6-8-17)12-11-29-10-9-16-13-20-18(14-19(16)25)21(24(26,27)28)31-23(33)30-20;1-2-3-6-4-5-6/h4-8,13-15,21,29H,3,9-12H2,1-2H3,(H2,30,31,33);6H,4-5H2,1H3. The van der Waals surface area contributed by atoms with Gasteiger partial charge >= 0.3 is 25.8 Å². The number of fused-ring (bicyclic) bond motifs is 1. The van der Waals surface area contributed by atoms with E-state index >= 15 is 0 Å². The molecule has 4 rings (SSSR count). The zero-order valence-electron chi connectivity index (χ0n) is 24.6. The molecule has 1 heterocycles. The maximum atomic E-state index is 13.4. The van der Waals surface area contributed by atoms with Crippen LogP contribution in [0, 0.1) is 17.8 Å². The van der Waals surface area contributed by atoms with Gasteiger partial charge in [0.15, 0.2) is 12.1 Å².